The summed E-state index contributed by atoms with van der Waals surface area (Å²) in [6.07, 6.45) is 3.60. The highest BCUT2D eigenvalue weighted by molar-refractivity contribution is 7.89. The molecule has 1 heterocycles. The monoisotopic (exact) mass is 292 g/mol. The zero-order valence-electron chi connectivity index (χ0n) is 12.2. The molecule has 0 atom stereocenters. The first-order chi connectivity index (χ1) is 9.10. The number of hydrogen-bond donors (Lipinski definition) is 1. The number of rotatable bonds is 9. The summed E-state index contributed by atoms with van der Waals surface area (Å²) in [6.45, 7) is 5.87. The summed E-state index contributed by atoms with van der Waals surface area (Å²) in [6, 6.07) is 0. The first-order valence-corrected chi connectivity index (χ1v) is 8.88. The Balaban J connectivity index is 2.53. The zero-order valence-corrected chi connectivity index (χ0v) is 13.0. The van der Waals surface area contributed by atoms with Crippen molar-refractivity contribution in [3.63, 3.8) is 0 Å². The van der Waals surface area contributed by atoms with Crippen molar-refractivity contribution in [1.82, 2.24) is 9.62 Å². The third-order valence-corrected chi connectivity index (χ3v) is 5.46. The third-order valence-electron chi connectivity index (χ3n) is 3.54. The quantitative estimate of drug-likeness (QED) is 0.646. The molecular weight excluding hydrogens is 264 g/mol. The van der Waals surface area contributed by atoms with Crippen molar-refractivity contribution in [2.24, 2.45) is 5.92 Å². The van der Waals surface area contributed by atoms with E-state index in [4.69, 9.17) is 4.74 Å². The van der Waals surface area contributed by atoms with Gasteiger partial charge in [0.2, 0.25) is 10.0 Å². The molecule has 0 aromatic carbocycles. The lowest BCUT2D eigenvalue weighted by molar-refractivity contribution is 0.199. The lowest BCUT2D eigenvalue weighted by Crippen LogP contribution is -2.40. The Kier molecular flexibility index (Phi) is 7.90. The van der Waals surface area contributed by atoms with Gasteiger partial charge in [0.15, 0.2) is 0 Å². The minimum Gasteiger partial charge on any atom is -0.385 e. The number of sulfonamides is 1. The van der Waals surface area contributed by atoms with Gasteiger partial charge in [0.05, 0.1) is 5.75 Å². The first kappa shape index (κ1) is 16.9. The first-order valence-electron chi connectivity index (χ1n) is 7.27. The van der Waals surface area contributed by atoms with E-state index in [2.05, 4.69) is 5.32 Å². The minimum atomic E-state index is -3.12. The highest BCUT2D eigenvalue weighted by Gasteiger charge is 2.25. The van der Waals surface area contributed by atoms with Crippen molar-refractivity contribution in [1.29, 1.82) is 0 Å². The molecule has 0 amide bonds. The molecule has 0 bridgehead atoms. The number of methoxy groups -OCH3 is 1. The standard InChI is InChI=1S/C13H28N2O3S/c1-3-9-15(12-13-5-7-14-8-6-13)19(16,17)11-4-10-18-2/h13-14H,3-12H2,1-2H3. The molecule has 0 spiro atoms. The van der Waals surface area contributed by atoms with E-state index in [0.29, 0.717) is 32.0 Å². The molecule has 0 aromatic rings. The second kappa shape index (κ2) is 8.89. The van der Waals surface area contributed by atoms with Gasteiger partial charge in [0.25, 0.3) is 0 Å². The van der Waals surface area contributed by atoms with E-state index in [1.165, 1.54) is 0 Å². The molecule has 5 nitrogen and oxygen atoms in total. The average molecular weight is 292 g/mol. The lowest BCUT2D eigenvalue weighted by atomic mass is 9.98. The molecule has 19 heavy (non-hydrogen) atoms. The van der Waals surface area contributed by atoms with Crippen LogP contribution in [-0.4, -0.2) is 58.4 Å². The fourth-order valence-corrected chi connectivity index (χ4v) is 4.10. The molecule has 1 aliphatic heterocycles. The van der Waals surface area contributed by atoms with Gasteiger partial charge in [0, 0.05) is 26.8 Å². The summed E-state index contributed by atoms with van der Waals surface area (Å²) in [4.78, 5) is 0. The maximum atomic E-state index is 12.3. The molecule has 0 aromatic heterocycles. The molecule has 1 aliphatic rings. The number of piperidine rings is 1. The second-order valence-electron chi connectivity index (χ2n) is 5.21. The molecule has 114 valence electrons. The average Bonchev–Trinajstić information content (AvgIpc) is 2.39. The van der Waals surface area contributed by atoms with Crippen molar-refractivity contribution in [3.8, 4) is 0 Å². The Morgan fingerprint density at radius 3 is 2.58 bits per heavy atom. The van der Waals surface area contributed by atoms with Crippen LogP contribution in [0.15, 0.2) is 0 Å². The lowest BCUT2D eigenvalue weighted by Gasteiger charge is -2.29. The molecule has 0 aliphatic carbocycles. The molecule has 1 rings (SSSR count). The highest BCUT2D eigenvalue weighted by atomic mass is 32.2. The van der Waals surface area contributed by atoms with Crippen molar-refractivity contribution in [2.75, 3.05) is 45.6 Å². The molecule has 0 unspecified atom stereocenters. The van der Waals surface area contributed by atoms with Crippen LogP contribution >= 0.6 is 0 Å². The van der Waals surface area contributed by atoms with Gasteiger partial charge in [0.1, 0.15) is 0 Å². The van der Waals surface area contributed by atoms with Crippen molar-refractivity contribution < 1.29 is 13.2 Å². The van der Waals surface area contributed by atoms with Crippen molar-refractivity contribution >= 4 is 10.0 Å². The van der Waals surface area contributed by atoms with Crippen LogP contribution in [0, 0.1) is 5.92 Å². The second-order valence-corrected chi connectivity index (χ2v) is 7.30. The largest absolute Gasteiger partial charge is 0.385 e. The number of nitrogens with one attached hydrogen (secondary N) is 1. The van der Waals surface area contributed by atoms with E-state index < -0.39 is 10.0 Å². The molecule has 1 saturated heterocycles. The van der Waals surface area contributed by atoms with Crippen LogP contribution in [0.3, 0.4) is 0 Å². The molecule has 0 saturated carbocycles. The topological polar surface area (TPSA) is 58.6 Å². The molecule has 0 radical (unpaired) electrons. The van der Waals surface area contributed by atoms with Crippen LogP contribution in [0.5, 0.6) is 0 Å². The van der Waals surface area contributed by atoms with Crippen molar-refractivity contribution in [3.05, 3.63) is 0 Å². The summed E-state index contributed by atoms with van der Waals surface area (Å²) < 4.78 is 31.3. The SMILES string of the molecule is CCCN(CC1CCNCC1)S(=O)(=O)CCCOC. The summed E-state index contributed by atoms with van der Waals surface area (Å²) in [7, 11) is -1.52. The summed E-state index contributed by atoms with van der Waals surface area (Å²) in [5.41, 5.74) is 0. The van der Waals surface area contributed by atoms with E-state index in [1.54, 1.807) is 11.4 Å². The number of ether oxygens (including phenoxy) is 1. The zero-order chi connectivity index (χ0) is 14.1. The Hall–Kier alpha value is -0.170. The van der Waals surface area contributed by atoms with Gasteiger partial charge in [-0.1, -0.05) is 6.92 Å². The summed E-state index contributed by atoms with van der Waals surface area (Å²) in [5.74, 6) is 0.705. The van der Waals surface area contributed by atoms with E-state index >= 15 is 0 Å². The van der Waals surface area contributed by atoms with E-state index in [9.17, 15) is 8.42 Å². The van der Waals surface area contributed by atoms with Crippen LogP contribution < -0.4 is 5.32 Å². The molecule has 1 N–H and O–H groups in total. The molecule has 6 heteroatoms. The predicted molar refractivity (Wildman–Crippen MR) is 77.7 cm³/mol. The van der Waals surface area contributed by atoms with Gasteiger partial charge in [-0.3, -0.25) is 0 Å². The maximum Gasteiger partial charge on any atom is 0.214 e. The van der Waals surface area contributed by atoms with Crippen LogP contribution in [0.25, 0.3) is 0 Å². The van der Waals surface area contributed by atoms with Gasteiger partial charge >= 0.3 is 0 Å². The van der Waals surface area contributed by atoms with Gasteiger partial charge in [-0.15, -0.1) is 0 Å². The van der Waals surface area contributed by atoms with Crippen LogP contribution in [0.1, 0.15) is 32.6 Å². The molecule has 1 fully saturated rings. The minimum absolute atomic E-state index is 0.200. The Morgan fingerprint density at radius 2 is 2.00 bits per heavy atom. The number of nitrogens with zero attached hydrogens (tertiary/aromatic N) is 1. The van der Waals surface area contributed by atoms with Gasteiger partial charge in [-0.25, -0.2) is 12.7 Å². The fourth-order valence-electron chi connectivity index (χ4n) is 2.46. The maximum absolute atomic E-state index is 12.3. The van der Waals surface area contributed by atoms with Crippen molar-refractivity contribution in [2.45, 2.75) is 32.6 Å². The van der Waals surface area contributed by atoms with Crippen LogP contribution in [0.2, 0.25) is 0 Å². The van der Waals surface area contributed by atoms with Gasteiger partial charge in [-0.2, -0.15) is 0 Å². The van der Waals surface area contributed by atoms with Gasteiger partial charge < -0.3 is 10.1 Å². The van der Waals surface area contributed by atoms with E-state index in [1.807, 2.05) is 6.92 Å². The van der Waals surface area contributed by atoms with Gasteiger partial charge in [-0.05, 0) is 44.7 Å². The highest BCUT2D eigenvalue weighted by Crippen LogP contribution is 2.16. The summed E-state index contributed by atoms with van der Waals surface area (Å²) >= 11 is 0. The predicted octanol–water partition coefficient (Wildman–Crippen LogP) is 1.06. The number of hydrogen-bond acceptors (Lipinski definition) is 4. The Morgan fingerprint density at radius 1 is 1.32 bits per heavy atom. The summed E-state index contributed by atoms with van der Waals surface area (Å²) in [5, 5.41) is 3.32. The molecular formula is C13H28N2O3S. The Bertz CT molecular complexity index is 327. The third kappa shape index (κ3) is 6.21. The normalized spacial score (nSPS) is 18.1. The Labute approximate surface area is 117 Å². The fraction of sp³-hybridized carbons (Fsp3) is 1.00. The van der Waals surface area contributed by atoms with E-state index in [0.717, 1.165) is 32.4 Å². The van der Waals surface area contributed by atoms with E-state index in [-0.39, 0.29) is 5.75 Å². The smallest absolute Gasteiger partial charge is 0.214 e. The van der Waals surface area contributed by atoms with Crippen LogP contribution in [-0.2, 0) is 14.8 Å². The van der Waals surface area contributed by atoms with Crippen LogP contribution in [0.4, 0.5) is 0 Å².